The van der Waals surface area contributed by atoms with Crippen molar-refractivity contribution in [1.82, 2.24) is 15.0 Å². The van der Waals surface area contributed by atoms with Crippen molar-refractivity contribution in [1.29, 1.82) is 0 Å². The molecule has 0 bridgehead atoms. The molecule has 0 aliphatic carbocycles. The van der Waals surface area contributed by atoms with Crippen molar-refractivity contribution in [2.75, 3.05) is 0 Å². The monoisotopic (exact) mass is 661 g/mol. The van der Waals surface area contributed by atoms with E-state index in [1.165, 1.54) is 37.7 Å². The third-order valence-electron chi connectivity index (χ3n) is 10.1. The number of pyridine rings is 1. The van der Waals surface area contributed by atoms with Gasteiger partial charge in [-0.05, 0) is 50.9 Å². The predicted octanol–water partition coefficient (Wildman–Crippen LogP) is 12.8. The summed E-state index contributed by atoms with van der Waals surface area (Å²) < 4.78 is 0. The molecule has 242 valence electrons. The maximum absolute atomic E-state index is 5.34. The van der Waals surface area contributed by atoms with Crippen LogP contribution in [0.4, 0.5) is 0 Å². The van der Waals surface area contributed by atoms with Crippen LogP contribution in [0.1, 0.15) is 0 Å². The molecular formula is C49H31N3. The molecule has 0 saturated heterocycles. The second kappa shape index (κ2) is 12.4. The number of hydrogen-bond donors (Lipinski definition) is 0. The molecule has 2 heterocycles. The Kier molecular flexibility index (Phi) is 7.14. The fourth-order valence-corrected chi connectivity index (χ4v) is 7.58. The Morgan fingerprint density at radius 1 is 0.269 bits per heavy atom. The SMILES string of the molecule is c1ccc(-c2cc(-c3ccccc3)nc(-c3cccc(-c4ccc(-c5nc6ccccc6c6c7ccccc7c7ccccc7c56)cc4)c3)n2)cc1. The van der Waals surface area contributed by atoms with E-state index < -0.39 is 0 Å². The van der Waals surface area contributed by atoms with Crippen molar-refractivity contribution < 1.29 is 0 Å². The summed E-state index contributed by atoms with van der Waals surface area (Å²) in [6.45, 7) is 0. The van der Waals surface area contributed by atoms with Crippen LogP contribution in [0.15, 0.2) is 188 Å². The summed E-state index contributed by atoms with van der Waals surface area (Å²) in [6.07, 6.45) is 0. The van der Waals surface area contributed by atoms with Gasteiger partial charge < -0.3 is 0 Å². The van der Waals surface area contributed by atoms with E-state index in [0.29, 0.717) is 5.82 Å². The quantitative estimate of drug-likeness (QED) is 0.172. The second-order valence-corrected chi connectivity index (χ2v) is 13.2. The molecule has 10 aromatic rings. The van der Waals surface area contributed by atoms with Gasteiger partial charge in [-0.15, -0.1) is 0 Å². The number of fused-ring (bicyclic) bond motifs is 8. The molecular weight excluding hydrogens is 631 g/mol. The first-order valence-corrected chi connectivity index (χ1v) is 17.6. The summed E-state index contributed by atoms with van der Waals surface area (Å²) in [5.74, 6) is 0.699. The van der Waals surface area contributed by atoms with E-state index in [1.807, 2.05) is 36.4 Å². The molecule has 10 rings (SSSR count). The number of para-hydroxylation sites is 1. The number of aromatic nitrogens is 3. The standard InChI is InChI=1S/C49H31N3/c1-3-14-33(15-4-1)44-31-45(34-16-5-2-6-17-34)52-49(51-44)37-19-13-18-36(30-37)32-26-28-35(29-27-32)48-47-41-23-10-8-21-39(41)38-20-7-9-22-40(38)46(47)42-24-11-12-25-43(42)50-48/h1-31H. The van der Waals surface area contributed by atoms with E-state index in [2.05, 4.69) is 152 Å². The van der Waals surface area contributed by atoms with E-state index in [4.69, 9.17) is 15.0 Å². The van der Waals surface area contributed by atoms with Gasteiger partial charge in [0.25, 0.3) is 0 Å². The molecule has 8 aromatic carbocycles. The first-order valence-electron chi connectivity index (χ1n) is 17.6. The zero-order valence-corrected chi connectivity index (χ0v) is 28.2. The Morgan fingerprint density at radius 3 is 1.38 bits per heavy atom. The Bertz CT molecular complexity index is 2880. The van der Waals surface area contributed by atoms with Crippen molar-refractivity contribution in [2.24, 2.45) is 0 Å². The molecule has 3 nitrogen and oxygen atoms in total. The molecule has 3 heteroatoms. The van der Waals surface area contributed by atoms with Gasteiger partial charge in [0.05, 0.1) is 22.6 Å². The van der Waals surface area contributed by atoms with E-state index in [9.17, 15) is 0 Å². The van der Waals surface area contributed by atoms with Crippen LogP contribution in [0.2, 0.25) is 0 Å². The fraction of sp³-hybridized carbons (Fsp3) is 0. The number of rotatable bonds is 5. The zero-order chi connectivity index (χ0) is 34.4. The van der Waals surface area contributed by atoms with Crippen LogP contribution in [0.5, 0.6) is 0 Å². The Morgan fingerprint density at radius 2 is 0.750 bits per heavy atom. The van der Waals surface area contributed by atoms with E-state index in [0.717, 1.165) is 56.0 Å². The Balaban J connectivity index is 1.10. The molecule has 0 saturated carbocycles. The van der Waals surface area contributed by atoms with Gasteiger partial charge in [-0.2, -0.15) is 0 Å². The van der Waals surface area contributed by atoms with Gasteiger partial charge in [-0.1, -0.05) is 170 Å². The van der Waals surface area contributed by atoms with Crippen molar-refractivity contribution in [3.05, 3.63) is 188 Å². The topological polar surface area (TPSA) is 38.7 Å². The fourth-order valence-electron chi connectivity index (χ4n) is 7.58. The van der Waals surface area contributed by atoms with E-state index in [-0.39, 0.29) is 0 Å². The van der Waals surface area contributed by atoms with Crippen LogP contribution in [-0.2, 0) is 0 Å². The lowest BCUT2D eigenvalue weighted by molar-refractivity contribution is 1.18. The number of benzene rings is 8. The van der Waals surface area contributed by atoms with Crippen LogP contribution >= 0.6 is 0 Å². The van der Waals surface area contributed by atoms with E-state index in [1.54, 1.807) is 0 Å². The van der Waals surface area contributed by atoms with Crippen molar-refractivity contribution in [3.8, 4) is 56.3 Å². The summed E-state index contributed by atoms with van der Waals surface area (Å²) in [5.41, 5.74) is 10.2. The highest BCUT2D eigenvalue weighted by Gasteiger charge is 2.18. The molecule has 0 unspecified atom stereocenters. The summed E-state index contributed by atoms with van der Waals surface area (Å²) in [5, 5.41) is 8.58. The minimum absolute atomic E-state index is 0.699. The number of nitrogens with zero attached hydrogens (tertiary/aromatic N) is 3. The molecule has 0 N–H and O–H groups in total. The van der Waals surface area contributed by atoms with Crippen molar-refractivity contribution in [2.45, 2.75) is 0 Å². The van der Waals surface area contributed by atoms with Crippen molar-refractivity contribution in [3.63, 3.8) is 0 Å². The number of hydrogen-bond acceptors (Lipinski definition) is 3. The molecule has 0 radical (unpaired) electrons. The normalized spacial score (nSPS) is 11.5. The van der Waals surface area contributed by atoms with Crippen LogP contribution in [-0.4, -0.2) is 15.0 Å². The predicted molar refractivity (Wildman–Crippen MR) is 217 cm³/mol. The van der Waals surface area contributed by atoms with Gasteiger partial charge in [0.15, 0.2) is 5.82 Å². The van der Waals surface area contributed by atoms with Crippen LogP contribution < -0.4 is 0 Å². The van der Waals surface area contributed by atoms with Crippen LogP contribution in [0, 0.1) is 0 Å². The highest BCUT2D eigenvalue weighted by atomic mass is 14.9. The lowest BCUT2D eigenvalue weighted by Crippen LogP contribution is -1.96. The zero-order valence-electron chi connectivity index (χ0n) is 28.2. The van der Waals surface area contributed by atoms with Gasteiger partial charge in [-0.25, -0.2) is 15.0 Å². The van der Waals surface area contributed by atoms with Gasteiger partial charge >= 0.3 is 0 Å². The summed E-state index contributed by atoms with van der Waals surface area (Å²) in [4.78, 5) is 15.5. The molecule has 0 amide bonds. The summed E-state index contributed by atoms with van der Waals surface area (Å²) in [7, 11) is 0. The van der Waals surface area contributed by atoms with Gasteiger partial charge in [0.2, 0.25) is 0 Å². The smallest absolute Gasteiger partial charge is 0.160 e. The average Bonchev–Trinajstić information content (AvgIpc) is 3.24. The van der Waals surface area contributed by atoms with Crippen molar-refractivity contribution >= 4 is 43.2 Å². The molecule has 0 spiro atoms. The first kappa shape index (κ1) is 29.9. The molecule has 2 aromatic heterocycles. The molecule has 0 atom stereocenters. The molecule has 0 aliphatic rings. The van der Waals surface area contributed by atoms with Gasteiger partial charge in [-0.3, -0.25) is 0 Å². The highest BCUT2D eigenvalue weighted by Crippen LogP contribution is 2.43. The maximum atomic E-state index is 5.34. The minimum atomic E-state index is 0.699. The second-order valence-electron chi connectivity index (χ2n) is 13.2. The Labute approximate surface area is 301 Å². The molecule has 52 heavy (non-hydrogen) atoms. The summed E-state index contributed by atoms with van der Waals surface area (Å²) in [6, 6.07) is 66.1. The van der Waals surface area contributed by atoms with Gasteiger partial charge in [0, 0.05) is 38.4 Å². The molecule has 0 fully saturated rings. The Hall–Kier alpha value is -6.97. The molecule has 0 aliphatic heterocycles. The minimum Gasteiger partial charge on any atom is -0.247 e. The lowest BCUT2D eigenvalue weighted by Gasteiger charge is -2.16. The lowest BCUT2D eigenvalue weighted by atomic mass is 9.89. The third kappa shape index (κ3) is 5.10. The van der Waals surface area contributed by atoms with Gasteiger partial charge in [0.1, 0.15) is 0 Å². The van der Waals surface area contributed by atoms with Crippen LogP contribution in [0.25, 0.3) is 99.5 Å². The average molecular weight is 662 g/mol. The van der Waals surface area contributed by atoms with E-state index >= 15 is 0 Å². The first-order chi connectivity index (χ1) is 25.8. The maximum Gasteiger partial charge on any atom is 0.160 e. The largest absolute Gasteiger partial charge is 0.247 e. The third-order valence-corrected chi connectivity index (χ3v) is 10.1. The van der Waals surface area contributed by atoms with Crippen LogP contribution in [0.3, 0.4) is 0 Å². The summed E-state index contributed by atoms with van der Waals surface area (Å²) >= 11 is 0. The highest BCUT2D eigenvalue weighted by molar-refractivity contribution is 6.33.